The van der Waals surface area contributed by atoms with Gasteiger partial charge in [0.25, 0.3) is 0 Å². The zero-order valence-corrected chi connectivity index (χ0v) is 11.1. The molecule has 1 atom stereocenters. The van der Waals surface area contributed by atoms with Crippen molar-refractivity contribution in [2.75, 3.05) is 17.3 Å². The van der Waals surface area contributed by atoms with E-state index < -0.39 is 0 Å². The molecule has 0 bridgehead atoms. The van der Waals surface area contributed by atoms with Crippen LogP contribution in [0.15, 0.2) is 18.2 Å². The number of halogens is 1. The van der Waals surface area contributed by atoms with Crippen LogP contribution in [0, 0.1) is 12.8 Å². The van der Waals surface area contributed by atoms with Crippen molar-refractivity contribution in [3.8, 4) is 0 Å². The Kier molecular flexibility index (Phi) is 3.72. The van der Waals surface area contributed by atoms with Gasteiger partial charge >= 0.3 is 0 Å². The molecule has 1 aliphatic rings. The Bertz CT molecular complexity index is 430. The molecule has 1 aliphatic heterocycles. The van der Waals surface area contributed by atoms with Crippen molar-refractivity contribution in [3.63, 3.8) is 0 Å². The van der Waals surface area contributed by atoms with Crippen molar-refractivity contribution in [2.24, 2.45) is 5.92 Å². The van der Waals surface area contributed by atoms with Crippen LogP contribution in [-0.2, 0) is 11.2 Å². The summed E-state index contributed by atoms with van der Waals surface area (Å²) in [5.41, 5.74) is 3.52. The standard InChI is InChI=1S/C14H18ClNO/c1-3-12-6-4-5-10(2)14(12)16-9-11(8-15)7-13(16)17/h4-6,11H,3,7-9H2,1-2H3. The van der Waals surface area contributed by atoms with Crippen molar-refractivity contribution in [1.29, 1.82) is 0 Å². The minimum atomic E-state index is 0.208. The first-order valence-corrected chi connectivity index (χ1v) is 6.65. The molecule has 1 unspecified atom stereocenters. The summed E-state index contributed by atoms with van der Waals surface area (Å²) < 4.78 is 0. The maximum absolute atomic E-state index is 12.0. The molecule has 1 saturated heterocycles. The average molecular weight is 252 g/mol. The third-order valence-electron chi connectivity index (χ3n) is 3.40. The van der Waals surface area contributed by atoms with E-state index in [1.165, 1.54) is 11.1 Å². The fourth-order valence-electron chi connectivity index (χ4n) is 2.49. The van der Waals surface area contributed by atoms with E-state index in [-0.39, 0.29) is 5.91 Å². The quantitative estimate of drug-likeness (QED) is 0.756. The molecule has 0 aromatic heterocycles. The lowest BCUT2D eigenvalue weighted by atomic mass is 10.0. The molecule has 92 valence electrons. The number of benzene rings is 1. The van der Waals surface area contributed by atoms with Crippen LogP contribution in [0.25, 0.3) is 0 Å². The molecule has 0 aliphatic carbocycles. The van der Waals surface area contributed by atoms with Gasteiger partial charge in [0.1, 0.15) is 0 Å². The highest BCUT2D eigenvalue weighted by atomic mass is 35.5. The van der Waals surface area contributed by atoms with Crippen molar-refractivity contribution in [3.05, 3.63) is 29.3 Å². The van der Waals surface area contributed by atoms with E-state index in [0.29, 0.717) is 18.2 Å². The van der Waals surface area contributed by atoms with E-state index >= 15 is 0 Å². The Morgan fingerprint density at radius 1 is 1.47 bits per heavy atom. The Hall–Kier alpha value is -1.02. The molecule has 3 heteroatoms. The summed E-state index contributed by atoms with van der Waals surface area (Å²) in [7, 11) is 0. The summed E-state index contributed by atoms with van der Waals surface area (Å²) in [6.07, 6.45) is 1.54. The second-order valence-corrected chi connectivity index (χ2v) is 4.97. The van der Waals surface area contributed by atoms with Crippen molar-refractivity contribution in [1.82, 2.24) is 0 Å². The topological polar surface area (TPSA) is 20.3 Å². The average Bonchev–Trinajstić information content (AvgIpc) is 2.70. The molecule has 0 radical (unpaired) electrons. The molecule has 0 saturated carbocycles. The number of nitrogens with zero attached hydrogens (tertiary/aromatic N) is 1. The number of rotatable bonds is 3. The molecule has 1 amide bonds. The van der Waals surface area contributed by atoms with Gasteiger partial charge in [-0.05, 0) is 30.4 Å². The van der Waals surface area contributed by atoms with Gasteiger partial charge in [-0.1, -0.05) is 25.1 Å². The smallest absolute Gasteiger partial charge is 0.227 e. The summed E-state index contributed by atoms with van der Waals surface area (Å²) in [6.45, 7) is 4.95. The molecule has 0 N–H and O–H groups in total. The number of alkyl halides is 1. The summed E-state index contributed by atoms with van der Waals surface area (Å²) in [4.78, 5) is 13.9. The van der Waals surface area contributed by atoms with Crippen LogP contribution in [0.2, 0.25) is 0 Å². The second-order valence-electron chi connectivity index (χ2n) is 4.66. The Morgan fingerprint density at radius 2 is 2.24 bits per heavy atom. The van der Waals surface area contributed by atoms with Gasteiger partial charge in [0.05, 0.1) is 0 Å². The number of aryl methyl sites for hydroxylation is 2. The van der Waals surface area contributed by atoms with Crippen LogP contribution in [0.1, 0.15) is 24.5 Å². The highest BCUT2D eigenvalue weighted by Crippen LogP contribution is 2.31. The Balaban J connectivity index is 2.37. The lowest BCUT2D eigenvalue weighted by molar-refractivity contribution is -0.117. The number of amides is 1. The van der Waals surface area contributed by atoms with Crippen LogP contribution in [-0.4, -0.2) is 18.3 Å². The largest absolute Gasteiger partial charge is 0.312 e. The Labute approximate surface area is 108 Å². The second kappa shape index (κ2) is 5.09. The monoisotopic (exact) mass is 251 g/mol. The number of para-hydroxylation sites is 1. The summed E-state index contributed by atoms with van der Waals surface area (Å²) >= 11 is 5.86. The predicted octanol–water partition coefficient (Wildman–Crippen LogP) is 3.15. The fourth-order valence-corrected chi connectivity index (χ4v) is 2.70. The normalized spacial score (nSPS) is 20.1. The van der Waals surface area contributed by atoms with Gasteiger partial charge in [-0.2, -0.15) is 0 Å². The van der Waals surface area contributed by atoms with Crippen LogP contribution < -0.4 is 4.90 Å². The SMILES string of the molecule is CCc1cccc(C)c1N1CC(CCl)CC1=O. The molecule has 1 aromatic carbocycles. The summed E-state index contributed by atoms with van der Waals surface area (Å²) in [5, 5.41) is 0. The number of carbonyl (C=O) groups excluding carboxylic acids is 1. The molecule has 1 heterocycles. The molecule has 1 fully saturated rings. The van der Waals surface area contributed by atoms with E-state index in [1.54, 1.807) is 0 Å². The molecule has 1 aromatic rings. The lowest BCUT2D eigenvalue weighted by Crippen LogP contribution is -2.26. The number of hydrogen-bond acceptors (Lipinski definition) is 1. The van der Waals surface area contributed by atoms with Crippen LogP contribution in [0.3, 0.4) is 0 Å². The summed E-state index contributed by atoms with van der Waals surface area (Å²) in [6, 6.07) is 6.22. The maximum Gasteiger partial charge on any atom is 0.227 e. The van der Waals surface area contributed by atoms with Gasteiger partial charge in [0, 0.05) is 24.5 Å². The molecule has 0 spiro atoms. The minimum absolute atomic E-state index is 0.208. The van der Waals surface area contributed by atoms with E-state index in [2.05, 4.69) is 32.0 Å². The highest BCUT2D eigenvalue weighted by Gasteiger charge is 2.31. The lowest BCUT2D eigenvalue weighted by Gasteiger charge is -2.22. The first-order valence-electron chi connectivity index (χ1n) is 6.12. The van der Waals surface area contributed by atoms with Gasteiger partial charge in [-0.25, -0.2) is 0 Å². The van der Waals surface area contributed by atoms with Gasteiger partial charge in [-0.15, -0.1) is 11.6 Å². The predicted molar refractivity (Wildman–Crippen MR) is 71.7 cm³/mol. The van der Waals surface area contributed by atoms with Gasteiger partial charge in [0.15, 0.2) is 0 Å². The number of anilines is 1. The first-order chi connectivity index (χ1) is 8.17. The highest BCUT2D eigenvalue weighted by molar-refractivity contribution is 6.18. The zero-order valence-electron chi connectivity index (χ0n) is 10.4. The van der Waals surface area contributed by atoms with E-state index in [0.717, 1.165) is 18.7 Å². The van der Waals surface area contributed by atoms with Gasteiger partial charge in [-0.3, -0.25) is 4.79 Å². The summed E-state index contributed by atoms with van der Waals surface area (Å²) in [5.74, 6) is 1.07. The molecule has 17 heavy (non-hydrogen) atoms. The minimum Gasteiger partial charge on any atom is -0.312 e. The third-order valence-corrected chi connectivity index (χ3v) is 3.83. The zero-order chi connectivity index (χ0) is 12.4. The van der Waals surface area contributed by atoms with Crippen LogP contribution in [0.4, 0.5) is 5.69 Å². The third kappa shape index (κ3) is 2.32. The van der Waals surface area contributed by atoms with Gasteiger partial charge in [0.2, 0.25) is 5.91 Å². The first kappa shape index (κ1) is 12.4. The molecule has 2 rings (SSSR count). The molecular weight excluding hydrogens is 234 g/mol. The van der Waals surface area contributed by atoms with Crippen molar-refractivity contribution >= 4 is 23.2 Å². The maximum atomic E-state index is 12.0. The van der Waals surface area contributed by atoms with Gasteiger partial charge < -0.3 is 4.90 Å². The van der Waals surface area contributed by atoms with Crippen molar-refractivity contribution < 1.29 is 4.79 Å². The van der Waals surface area contributed by atoms with E-state index in [1.807, 2.05) is 4.90 Å². The van der Waals surface area contributed by atoms with E-state index in [9.17, 15) is 4.79 Å². The van der Waals surface area contributed by atoms with E-state index in [4.69, 9.17) is 11.6 Å². The molecule has 2 nitrogen and oxygen atoms in total. The van der Waals surface area contributed by atoms with Crippen LogP contribution in [0.5, 0.6) is 0 Å². The fraction of sp³-hybridized carbons (Fsp3) is 0.500. The number of hydrogen-bond donors (Lipinski definition) is 0. The van der Waals surface area contributed by atoms with Crippen molar-refractivity contribution in [2.45, 2.75) is 26.7 Å². The molecular formula is C14H18ClNO. The number of carbonyl (C=O) groups is 1. The Morgan fingerprint density at radius 3 is 2.82 bits per heavy atom. The van der Waals surface area contributed by atoms with Crippen LogP contribution >= 0.6 is 11.6 Å².